The number of carbonyl (C=O) groups is 2. The molecule has 1 aromatic carbocycles. The number of hydrogen-bond donors (Lipinski definition) is 2. The van der Waals surface area contributed by atoms with Gasteiger partial charge >= 0.3 is 0 Å². The van der Waals surface area contributed by atoms with Gasteiger partial charge in [0.05, 0.1) is 5.54 Å². The van der Waals surface area contributed by atoms with Crippen LogP contribution in [0.15, 0.2) is 30.3 Å². The molecule has 1 atom stereocenters. The van der Waals surface area contributed by atoms with Crippen LogP contribution in [0, 0.1) is 5.92 Å². The third kappa shape index (κ3) is 2.94. The van der Waals surface area contributed by atoms with Crippen LogP contribution in [0.1, 0.15) is 44.1 Å². The second-order valence-electron chi connectivity index (χ2n) is 6.18. The second-order valence-corrected chi connectivity index (χ2v) is 6.18. The first kappa shape index (κ1) is 14.1. The van der Waals surface area contributed by atoms with Crippen molar-refractivity contribution < 1.29 is 9.59 Å². The molecule has 1 aliphatic heterocycles. The van der Waals surface area contributed by atoms with E-state index in [9.17, 15) is 9.59 Å². The van der Waals surface area contributed by atoms with Gasteiger partial charge in [0.2, 0.25) is 11.8 Å². The Bertz CT molecular complexity index is 521. The van der Waals surface area contributed by atoms with Crippen LogP contribution in [0.4, 0.5) is 0 Å². The smallest absolute Gasteiger partial charge is 0.224 e. The maximum atomic E-state index is 12.6. The molecule has 1 unspecified atom stereocenters. The van der Waals surface area contributed by atoms with Crippen molar-refractivity contribution in [1.82, 2.24) is 10.6 Å². The summed E-state index contributed by atoms with van der Waals surface area (Å²) in [5.41, 5.74) is 0.961. The highest BCUT2D eigenvalue weighted by Crippen LogP contribution is 2.39. The molecule has 1 heterocycles. The van der Waals surface area contributed by atoms with Crippen LogP contribution in [-0.4, -0.2) is 18.4 Å². The topological polar surface area (TPSA) is 58.2 Å². The highest BCUT2D eigenvalue weighted by atomic mass is 16.2. The minimum Gasteiger partial charge on any atom is -0.356 e. The fourth-order valence-electron chi connectivity index (χ4n) is 3.57. The first-order valence-corrected chi connectivity index (χ1v) is 7.84. The van der Waals surface area contributed by atoms with E-state index in [4.69, 9.17) is 0 Å². The van der Waals surface area contributed by atoms with Crippen molar-refractivity contribution in [3.8, 4) is 0 Å². The Hall–Kier alpha value is -1.84. The van der Waals surface area contributed by atoms with E-state index >= 15 is 0 Å². The van der Waals surface area contributed by atoms with Gasteiger partial charge in [0.25, 0.3) is 0 Å². The molecular formula is C17H22N2O2. The van der Waals surface area contributed by atoms with Crippen molar-refractivity contribution in [2.24, 2.45) is 5.92 Å². The average Bonchev–Trinajstić information content (AvgIpc) is 2.98. The molecule has 0 radical (unpaired) electrons. The lowest BCUT2D eigenvalue weighted by Crippen LogP contribution is -2.49. The molecule has 0 aromatic heterocycles. The molecule has 2 N–H and O–H groups in total. The number of amides is 2. The monoisotopic (exact) mass is 286 g/mol. The van der Waals surface area contributed by atoms with Gasteiger partial charge in [0, 0.05) is 18.9 Å². The van der Waals surface area contributed by atoms with Gasteiger partial charge in [-0.15, -0.1) is 0 Å². The molecule has 2 aliphatic rings. The summed E-state index contributed by atoms with van der Waals surface area (Å²) in [6.07, 6.45) is 5.31. The van der Waals surface area contributed by atoms with E-state index in [1.54, 1.807) is 0 Å². The van der Waals surface area contributed by atoms with E-state index in [0.717, 1.165) is 32.1 Å². The molecule has 2 fully saturated rings. The number of rotatable bonds is 3. The number of piperidine rings is 1. The van der Waals surface area contributed by atoms with Crippen LogP contribution in [0.2, 0.25) is 0 Å². The summed E-state index contributed by atoms with van der Waals surface area (Å²) in [6.45, 7) is 0.606. The van der Waals surface area contributed by atoms with Gasteiger partial charge in [0.15, 0.2) is 0 Å². The van der Waals surface area contributed by atoms with Crippen molar-refractivity contribution in [2.45, 2.75) is 44.1 Å². The van der Waals surface area contributed by atoms with Crippen molar-refractivity contribution in [3.63, 3.8) is 0 Å². The summed E-state index contributed by atoms with van der Waals surface area (Å²) in [6, 6.07) is 10.2. The van der Waals surface area contributed by atoms with E-state index in [2.05, 4.69) is 22.8 Å². The van der Waals surface area contributed by atoms with Crippen LogP contribution in [-0.2, 0) is 15.1 Å². The zero-order valence-electron chi connectivity index (χ0n) is 12.2. The summed E-state index contributed by atoms with van der Waals surface area (Å²) < 4.78 is 0. The number of carbonyl (C=O) groups excluding carboxylic acids is 2. The first-order valence-electron chi connectivity index (χ1n) is 7.84. The molecule has 1 aromatic rings. The van der Waals surface area contributed by atoms with E-state index in [1.165, 1.54) is 5.56 Å². The summed E-state index contributed by atoms with van der Waals surface area (Å²) >= 11 is 0. The van der Waals surface area contributed by atoms with Gasteiger partial charge in [-0.05, 0) is 24.8 Å². The molecule has 1 aliphatic carbocycles. The summed E-state index contributed by atoms with van der Waals surface area (Å²) in [7, 11) is 0. The lowest BCUT2D eigenvalue weighted by molar-refractivity contribution is -0.133. The number of nitrogens with one attached hydrogen (secondary N) is 2. The Labute approximate surface area is 125 Å². The van der Waals surface area contributed by atoms with Gasteiger partial charge < -0.3 is 10.6 Å². The van der Waals surface area contributed by atoms with Crippen molar-refractivity contribution in [1.29, 1.82) is 0 Å². The lowest BCUT2D eigenvalue weighted by Gasteiger charge is -2.33. The van der Waals surface area contributed by atoms with Crippen molar-refractivity contribution in [3.05, 3.63) is 35.9 Å². The third-order valence-corrected chi connectivity index (χ3v) is 4.76. The Morgan fingerprint density at radius 1 is 1.19 bits per heavy atom. The maximum absolute atomic E-state index is 12.6. The Morgan fingerprint density at radius 2 is 1.90 bits per heavy atom. The SMILES string of the molecule is O=C1CC(C(=O)NC2(c3ccccc3)CCCC2)CCN1. The van der Waals surface area contributed by atoms with Gasteiger partial charge in [-0.1, -0.05) is 43.2 Å². The Morgan fingerprint density at radius 3 is 2.57 bits per heavy atom. The number of benzene rings is 1. The molecule has 112 valence electrons. The van der Waals surface area contributed by atoms with Crippen LogP contribution in [0.3, 0.4) is 0 Å². The van der Waals surface area contributed by atoms with Crippen LogP contribution in [0.5, 0.6) is 0 Å². The molecule has 0 spiro atoms. The summed E-state index contributed by atoms with van der Waals surface area (Å²) in [4.78, 5) is 24.1. The highest BCUT2D eigenvalue weighted by Gasteiger charge is 2.39. The fourth-order valence-corrected chi connectivity index (χ4v) is 3.57. The maximum Gasteiger partial charge on any atom is 0.224 e. The normalized spacial score (nSPS) is 24.4. The molecule has 4 heteroatoms. The van der Waals surface area contributed by atoms with Gasteiger partial charge in [-0.3, -0.25) is 9.59 Å². The minimum atomic E-state index is -0.230. The van der Waals surface area contributed by atoms with Crippen molar-refractivity contribution >= 4 is 11.8 Å². The Kier molecular flexibility index (Phi) is 3.95. The van der Waals surface area contributed by atoms with Crippen molar-refractivity contribution in [2.75, 3.05) is 6.54 Å². The average molecular weight is 286 g/mol. The number of hydrogen-bond acceptors (Lipinski definition) is 2. The fraction of sp³-hybridized carbons (Fsp3) is 0.529. The van der Waals surface area contributed by atoms with Crippen LogP contribution in [0.25, 0.3) is 0 Å². The van der Waals surface area contributed by atoms with Gasteiger partial charge in [0.1, 0.15) is 0 Å². The quantitative estimate of drug-likeness (QED) is 0.894. The van der Waals surface area contributed by atoms with Gasteiger partial charge in [-0.2, -0.15) is 0 Å². The minimum absolute atomic E-state index is 0.0124. The molecule has 21 heavy (non-hydrogen) atoms. The van der Waals surface area contributed by atoms with E-state index in [0.29, 0.717) is 13.0 Å². The standard InChI is InChI=1S/C17H22N2O2/c20-15-12-13(8-11-18-15)16(21)19-17(9-4-5-10-17)14-6-2-1-3-7-14/h1-3,6-7,13H,4-5,8-12H2,(H,18,20)(H,19,21). The van der Waals surface area contributed by atoms with E-state index in [1.807, 2.05) is 18.2 Å². The zero-order chi connectivity index (χ0) is 14.7. The van der Waals surface area contributed by atoms with E-state index < -0.39 is 0 Å². The van der Waals surface area contributed by atoms with Crippen LogP contribution >= 0.6 is 0 Å². The third-order valence-electron chi connectivity index (χ3n) is 4.76. The summed E-state index contributed by atoms with van der Waals surface area (Å²) in [5, 5.41) is 6.06. The lowest BCUT2D eigenvalue weighted by atomic mass is 9.86. The highest BCUT2D eigenvalue weighted by molar-refractivity contribution is 5.87. The predicted octanol–water partition coefficient (Wildman–Crippen LogP) is 2.10. The molecule has 0 bridgehead atoms. The summed E-state index contributed by atoms with van der Waals surface area (Å²) in [5.74, 6) is -0.155. The molecule has 2 amide bonds. The van der Waals surface area contributed by atoms with E-state index in [-0.39, 0.29) is 23.3 Å². The second kappa shape index (κ2) is 5.88. The van der Waals surface area contributed by atoms with Gasteiger partial charge in [-0.25, -0.2) is 0 Å². The molecule has 1 saturated carbocycles. The first-order chi connectivity index (χ1) is 10.2. The largest absolute Gasteiger partial charge is 0.356 e. The predicted molar refractivity (Wildman–Crippen MR) is 80.5 cm³/mol. The Balaban J connectivity index is 1.76. The molecule has 4 nitrogen and oxygen atoms in total. The van der Waals surface area contributed by atoms with Crippen LogP contribution < -0.4 is 10.6 Å². The zero-order valence-corrected chi connectivity index (χ0v) is 12.2. The molecule has 1 saturated heterocycles. The molecular weight excluding hydrogens is 264 g/mol. The molecule has 3 rings (SSSR count).